The molecule has 1 fully saturated rings. The number of fused-ring (bicyclic) bond motifs is 2. The topological polar surface area (TPSA) is 124 Å². The van der Waals surface area contributed by atoms with E-state index in [9.17, 15) is 24.0 Å². The van der Waals surface area contributed by atoms with Crippen molar-refractivity contribution in [2.24, 2.45) is 5.92 Å². The van der Waals surface area contributed by atoms with Crippen molar-refractivity contribution >= 4 is 69.8 Å². The summed E-state index contributed by atoms with van der Waals surface area (Å²) in [6.45, 7) is 1.65. The lowest BCUT2D eigenvalue weighted by Gasteiger charge is -2.30. The molecular formula is C32H26ClN3O7S2. The van der Waals surface area contributed by atoms with E-state index in [4.69, 9.17) is 21.1 Å². The van der Waals surface area contributed by atoms with Gasteiger partial charge in [0, 0.05) is 21.5 Å². The van der Waals surface area contributed by atoms with Gasteiger partial charge in [0.2, 0.25) is 17.7 Å². The van der Waals surface area contributed by atoms with E-state index in [1.165, 1.54) is 28.7 Å². The maximum absolute atomic E-state index is 14.0. The third-order valence-corrected chi connectivity index (χ3v) is 10.4. The van der Waals surface area contributed by atoms with Crippen LogP contribution in [0.3, 0.4) is 0 Å². The Balaban J connectivity index is 1.33. The number of thiazole rings is 1. The summed E-state index contributed by atoms with van der Waals surface area (Å²) < 4.78 is 11.6. The van der Waals surface area contributed by atoms with E-state index >= 15 is 0 Å². The second-order valence-corrected chi connectivity index (χ2v) is 12.8. The van der Waals surface area contributed by atoms with Crippen LogP contribution in [0.1, 0.15) is 33.6 Å². The number of carbonyl (C=O) groups is 4. The number of imide groups is 1. The number of anilines is 2. The van der Waals surface area contributed by atoms with Crippen molar-refractivity contribution in [3.8, 4) is 5.75 Å². The van der Waals surface area contributed by atoms with Gasteiger partial charge in [-0.25, -0.2) is 9.69 Å². The van der Waals surface area contributed by atoms with Crippen molar-refractivity contribution in [2.75, 3.05) is 23.9 Å². The molecule has 0 aliphatic carbocycles. The largest absolute Gasteiger partial charge is 0.497 e. The lowest BCUT2D eigenvalue weighted by atomic mass is 9.83. The summed E-state index contributed by atoms with van der Waals surface area (Å²) in [6, 6.07) is 19.9. The Kier molecular flexibility index (Phi) is 8.54. The van der Waals surface area contributed by atoms with Gasteiger partial charge in [-0.1, -0.05) is 46.8 Å². The number of halogens is 1. The van der Waals surface area contributed by atoms with E-state index in [2.05, 4.69) is 5.32 Å². The number of nitrogens with zero attached hydrogens (tertiary/aromatic N) is 2. The molecule has 3 atom stereocenters. The third-order valence-electron chi connectivity index (χ3n) is 7.59. The molecule has 45 heavy (non-hydrogen) atoms. The van der Waals surface area contributed by atoms with E-state index < -0.39 is 34.9 Å². The summed E-state index contributed by atoms with van der Waals surface area (Å²) in [4.78, 5) is 67.7. The molecule has 3 aromatic carbocycles. The number of rotatable bonds is 8. The van der Waals surface area contributed by atoms with E-state index in [-0.39, 0.29) is 23.9 Å². The van der Waals surface area contributed by atoms with Crippen LogP contribution < -0.4 is 19.8 Å². The number of hydrogen-bond acceptors (Lipinski definition) is 9. The Morgan fingerprint density at radius 3 is 2.27 bits per heavy atom. The predicted molar refractivity (Wildman–Crippen MR) is 172 cm³/mol. The fraction of sp³-hybridized carbons (Fsp3) is 0.219. The molecule has 1 aromatic heterocycles. The van der Waals surface area contributed by atoms with E-state index in [0.717, 1.165) is 28.7 Å². The van der Waals surface area contributed by atoms with E-state index in [0.29, 0.717) is 37.6 Å². The van der Waals surface area contributed by atoms with Crippen LogP contribution in [0.4, 0.5) is 11.4 Å². The minimum absolute atomic E-state index is 0.245. The number of ether oxygens (including phenoxy) is 2. The lowest BCUT2D eigenvalue weighted by Crippen LogP contribution is -2.33. The zero-order valence-electron chi connectivity index (χ0n) is 24.0. The molecular weight excluding hydrogens is 638 g/mol. The summed E-state index contributed by atoms with van der Waals surface area (Å²) in [5.41, 5.74) is 1.93. The molecule has 0 radical (unpaired) electrons. The Morgan fingerprint density at radius 2 is 1.62 bits per heavy atom. The second-order valence-electron chi connectivity index (χ2n) is 10.3. The molecule has 0 saturated carbocycles. The van der Waals surface area contributed by atoms with Crippen LogP contribution in [0, 0.1) is 5.92 Å². The highest BCUT2D eigenvalue weighted by molar-refractivity contribution is 8.00. The number of thioether (sulfide) groups is 1. The summed E-state index contributed by atoms with van der Waals surface area (Å²) in [5, 5.41) is 2.90. The van der Waals surface area contributed by atoms with Gasteiger partial charge in [0.1, 0.15) is 17.5 Å². The quantitative estimate of drug-likeness (QED) is 0.202. The van der Waals surface area contributed by atoms with Gasteiger partial charge in [0.05, 0.1) is 35.9 Å². The highest BCUT2D eigenvalue weighted by Crippen LogP contribution is 2.54. The Labute approximate surface area is 270 Å². The number of nitrogens with one attached hydrogen (secondary N) is 1. The molecule has 2 aliphatic rings. The van der Waals surface area contributed by atoms with Gasteiger partial charge >= 0.3 is 10.8 Å². The van der Waals surface area contributed by atoms with Gasteiger partial charge in [-0.2, -0.15) is 0 Å². The van der Waals surface area contributed by atoms with Crippen molar-refractivity contribution in [2.45, 2.75) is 29.7 Å². The average molecular weight is 664 g/mol. The standard InChI is InChI=1S/C32H26ClN3O7S2/c1-3-43-31(40)18-6-10-20(11-7-18)34-23(37)16-35-30-27(45-32(35)41)24(17-4-8-19(33)9-5-17)25-26(44-30)29(39)36(28(25)38)21-12-14-22(42-2)15-13-21/h4-15,24-26H,3,16H2,1-2H3,(H,34,37)/t24-,25?,26?/m1/s1. The minimum Gasteiger partial charge on any atom is -0.497 e. The zero-order chi connectivity index (χ0) is 31.8. The molecule has 0 spiro atoms. The normalized spacial score (nSPS) is 18.7. The average Bonchev–Trinajstić information content (AvgIpc) is 3.48. The molecule has 2 unspecified atom stereocenters. The number of methoxy groups -OCH3 is 1. The number of carbonyl (C=O) groups excluding carboxylic acids is 4. The van der Waals surface area contributed by atoms with Crippen LogP contribution >= 0.6 is 34.7 Å². The monoisotopic (exact) mass is 663 g/mol. The Hall–Kier alpha value is -4.39. The zero-order valence-corrected chi connectivity index (χ0v) is 26.4. The Bertz CT molecular complexity index is 1850. The fourth-order valence-electron chi connectivity index (χ4n) is 5.52. The van der Waals surface area contributed by atoms with Crippen molar-refractivity contribution in [1.29, 1.82) is 0 Å². The van der Waals surface area contributed by atoms with Crippen molar-refractivity contribution in [3.63, 3.8) is 0 Å². The highest BCUT2D eigenvalue weighted by Gasteiger charge is 2.56. The number of esters is 1. The molecule has 230 valence electrons. The maximum Gasteiger partial charge on any atom is 0.338 e. The summed E-state index contributed by atoms with van der Waals surface area (Å²) in [5.74, 6) is -2.52. The molecule has 10 nitrogen and oxygen atoms in total. The minimum atomic E-state index is -0.827. The van der Waals surface area contributed by atoms with E-state index in [1.54, 1.807) is 67.6 Å². The van der Waals surface area contributed by atoms with Gasteiger partial charge in [-0.3, -0.25) is 23.7 Å². The van der Waals surface area contributed by atoms with E-state index in [1.807, 2.05) is 0 Å². The van der Waals surface area contributed by atoms with Crippen LogP contribution in [-0.4, -0.2) is 47.2 Å². The molecule has 3 amide bonds. The first-order chi connectivity index (χ1) is 21.7. The second kappa shape index (κ2) is 12.5. The first kappa shape index (κ1) is 30.6. The van der Waals surface area contributed by atoms with Crippen LogP contribution in [0.15, 0.2) is 82.6 Å². The SMILES string of the molecule is CCOC(=O)c1ccc(NC(=O)Cn2c3c(sc2=O)[C@H](c2ccc(Cl)cc2)C2C(=O)N(c4ccc(OC)cc4)C(=O)C2S3)cc1. The van der Waals surface area contributed by atoms with Crippen molar-refractivity contribution in [1.82, 2.24) is 4.57 Å². The summed E-state index contributed by atoms with van der Waals surface area (Å²) in [7, 11) is 1.53. The number of hydrogen-bond donors (Lipinski definition) is 1. The summed E-state index contributed by atoms with van der Waals surface area (Å²) >= 11 is 8.26. The van der Waals surface area contributed by atoms with Gasteiger partial charge in [0.15, 0.2) is 0 Å². The molecule has 4 aromatic rings. The first-order valence-electron chi connectivity index (χ1n) is 13.9. The number of benzene rings is 3. The smallest absolute Gasteiger partial charge is 0.338 e. The molecule has 2 aliphatic heterocycles. The molecule has 1 N–H and O–H groups in total. The van der Waals surface area contributed by atoms with Crippen LogP contribution in [0.25, 0.3) is 0 Å². The van der Waals surface area contributed by atoms with Crippen LogP contribution in [0.5, 0.6) is 5.75 Å². The van der Waals surface area contributed by atoms with Crippen molar-refractivity contribution < 1.29 is 28.7 Å². The van der Waals surface area contributed by atoms with Gasteiger partial charge < -0.3 is 14.8 Å². The maximum atomic E-state index is 14.0. The Morgan fingerprint density at radius 1 is 0.933 bits per heavy atom. The molecule has 6 rings (SSSR count). The van der Waals surface area contributed by atoms with Gasteiger partial charge in [0.25, 0.3) is 0 Å². The third kappa shape index (κ3) is 5.76. The molecule has 13 heteroatoms. The molecule has 3 heterocycles. The van der Waals surface area contributed by atoms with Gasteiger partial charge in [-0.05, 0) is 73.2 Å². The highest BCUT2D eigenvalue weighted by atomic mass is 35.5. The predicted octanol–water partition coefficient (Wildman–Crippen LogP) is 5.18. The first-order valence-corrected chi connectivity index (χ1v) is 16.0. The lowest BCUT2D eigenvalue weighted by molar-refractivity contribution is -0.122. The number of amides is 3. The van der Waals surface area contributed by atoms with Crippen LogP contribution in [-0.2, 0) is 25.7 Å². The van der Waals surface area contributed by atoms with Gasteiger partial charge in [-0.15, -0.1) is 0 Å². The molecule has 1 saturated heterocycles. The van der Waals surface area contributed by atoms with Crippen LogP contribution in [0.2, 0.25) is 5.02 Å². The summed E-state index contributed by atoms with van der Waals surface area (Å²) in [6.07, 6.45) is 0. The fourth-order valence-corrected chi connectivity index (χ4v) is 8.42. The molecule has 0 bridgehead atoms. The van der Waals surface area contributed by atoms with Crippen molar-refractivity contribution in [3.05, 3.63) is 103 Å². The number of aromatic nitrogens is 1.